The number of Topliss-reactive ketones (excluding diaryl/α,β-unsaturated/α-hetero) is 1. The first kappa shape index (κ1) is 20.9. The molecule has 2 N–H and O–H groups in total. The number of likely N-dealkylation sites (N-methyl/N-ethyl adjacent to an activating group) is 1. The Morgan fingerprint density at radius 1 is 1.33 bits per heavy atom. The summed E-state index contributed by atoms with van der Waals surface area (Å²) in [6, 6.07) is 4.06. The van der Waals surface area contributed by atoms with Crippen molar-refractivity contribution in [3.8, 4) is 11.5 Å². The molecule has 1 saturated heterocycles. The molecular weight excluding hydrogens is 382 g/mol. The van der Waals surface area contributed by atoms with Crippen molar-refractivity contribution in [2.45, 2.75) is 45.1 Å². The van der Waals surface area contributed by atoms with E-state index in [1.54, 1.807) is 0 Å². The number of ketones is 1. The van der Waals surface area contributed by atoms with E-state index < -0.39 is 0 Å². The molecule has 2 aliphatic carbocycles. The van der Waals surface area contributed by atoms with Crippen molar-refractivity contribution in [2.75, 3.05) is 20.1 Å². The van der Waals surface area contributed by atoms with E-state index in [9.17, 15) is 19.8 Å². The maximum atomic E-state index is 12.7. The molecule has 1 heterocycles. The van der Waals surface area contributed by atoms with Crippen LogP contribution in [0.3, 0.4) is 0 Å². The minimum absolute atomic E-state index is 0.0344. The summed E-state index contributed by atoms with van der Waals surface area (Å²) in [7, 11) is 1.82. The zero-order chi connectivity index (χ0) is 21.6. The van der Waals surface area contributed by atoms with Crippen molar-refractivity contribution in [1.82, 2.24) is 4.90 Å². The minimum atomic E-state index is -0.316. The molecule has 0 aromatic heterocycles. The number of carbonyl (C=O) groups excluding carboxylic acids is 2. The Morgan fingerprint density at radius 2 is 2.10 bits per heavy atom. The molecule has 4 rings (SSSR count). The van der Waals surface area contributed by atoms with Crippen molar-refractivity contribution < 1.29 is 24.5 Å². The highest BCUT2D eigenvalue weighted by atomic mass is 16.6. The summed E-state index contributed by atoms with van der Waals surface area (Å²) in [6.07, 6.45) is 5.20. The second-order valence-electron chi connectivity index (χ2n) is 9.73. The van der Waals surface area contributed by atoms with E-state index in [-0.39, 0.29) is 53.2 Å². The van der Waals surface area contributed by atoms with E-state index in [0.717, 1.165) is 32.1 Å². The molecular formula is C24H31NO5. The predicted octanol–water partition coefficient (Wildman–Crippen LogP) is 3.53. The Morgan fingerprint density at radius 3 is 2.83 bits per heavy atom. The van der Waals surface area contributed by atoms with Crippen molar-refractivity contribution >= 4 is 11.8 Å². The lowest BCUT2D eigenvalue weighted by Gasteiger charge is -2.50. The number of carbonyl (C=O) groups is 2. The van der Waals surface area contributed by atoms with Crippen LogP contribution in [0.5, 0.6) is 11.5 Å². The fourth-order valence-corrected chi connectivity index (χ4v) is 5.90. The van der Waals surface area contributed by atoms with Gasteiger partial charge in [-0.05, 0) is 68.7 Å². The Kier molecular flexibility index (Phi) is 5.39. The molecule has 0 bridgehead atoms. The van der Waals surface area contributed by atoms with Gasteiger partial charge in [-0.3, -0.25) is 14.5 Å². The van der Waals surface area contributed by atoms with Gasteiger partial charge in [0.05, 0.1) is 12.5 Å². The van der Waals surface area contributed by atoms with Crippen molar-refractivity contribution in [3.05, 3.63) is 35.9 Å². The van der Waals surface area contributed by atoms with E-state index in [1.165, 1.54) is 23.8 Å². The molecule has 5 atom stereocenters. The van der Waals surface area contributed by atoms with Crippen LogP contribution < -0.4 is 0 Å². The summed E-state index contributed by atoms with van der Waals surface area (Å²) in [4.78, 5) is 27.1. The van der Waals surface area contributed by atoms with Crippen LogP contribution in [0.15, 0.2) is 30.4 Å². The third-order valence-corrected chi connectivity index (χ3v) is 7.54. The van der Waals surface area contributed by atoms with Crippen molar-refractivity contribution in [1.29, 1.82) is 0 Å². The summed E-state index contributed by atoms with van der Waals surface area (Å²) in [5.74, 6) is -0.527. The zero-order valence-corrected chi connectivity index (χ0v) is 17.8. The SMILES string of the molecule is C=C1CCCC2(C)CC3OC(=O)C(CN(C)CC(=O)c4ccc(O)c(O)c4)C3CC12. The van der Waals surface area contributed by atoms with Gasteiger partial charge in [0.25, 0.3) is 0 Å². The molecule has 2 saturated carbocycles. The monoisotopic (exact) mass is 413 g/mol. The van der Waals surface area contributed by atoms with Crippen LogP contribution in [-0.2, 0) is 9.53 Å². The third kappa shape index (κ3) is 3.73. The Hall–Kier alpha value is -2.34. The summed E-state index contributed by atoms with van der Waals surface area (Å²) in [5, 5.41) is 19.1. The average Bonchev–Trinajstić information content (AvgIpc) is 2.96. The number of ether oxygens (including phenoxy) is 1. The van der Waals surface area contributed by atoms with Crippen LogP contribution >= 0.6 is 0 Å². The van der Waals surface area contributed by atoms with Crippen LogP contribution in [0.25, 0.3) is 0 Å². The van der Waals surface area contributed by atoms with Crippen LogP contribution in [0.4, 0.5) is 0 Å². The first-order valence-electron chi connectivity index (χ1n) is 10.8. The molecule has 3 aliphatic rings. The maximum absolute atomic E-state index is 12.7. The number of allylic oxidation sites excluding steroid dienone is 1. The molecule has 0 amide bonds. The number of rotatable bonds is 5. The van der Waals surface area contributed by atoms with E-state index in [1.807, 2.05) is 11.9 Å². The second-order valence-corrected chi connectivity index (χ2v) is 9.73. The molecule has 6 heteroatoms. The van der Waals surface area contributed by atoms with Crippen molar-refractivity contribution in [2.24, 2.45) is 23.2 Å². The van der Waals surface area contributed by atoms with Gasteiger partial charge >= 0.3 is 5.97 Å². The summed E-state index contributed by atoms with van der Waals surface area (Å²) in [6.45, 7) is 7.24. The first-order valence-corrected chi connectivity index (χ1v) is 10.8. The van der Waals surface area contributed by atoms with Gasteiger partial charge in [-0.15, -0.1) is 0 Å². The number of phenols is 2. The van der Waals surface area contributed by atoms with Crippen LogP contribution in [0, 0.1) is 23.2 Å². The maximum Gasteiger partial charge on any atom is 0.310 e. The highest BCUT2D eigenvalue weighted by molar-refractivity contribution is 5.98. The molecule has 0 radical (unpaired) electrons. The van der Waals surface area contributed by atoms with Crippen molar-refractivity contribution in [3.63, 3.8) is 0 Å². The molecule has 5 unspecified atom stereocenters. The van der Waals surface area contributed by atoms with E-state index in [4.69, 9.17) is 4.74 Å². The summed E-state index contributed by atoms with van der Waals surface area (Å²) >= 11 is 0. The van der Waals surface area contributed by atoms with Crippen LogP contribution in [0.2, 0.25) is 0 Å². The number of aromatic hydroxyl groups is 2. The Balaban J connectivity index is 1.42. The van der Waals surface area contributed by atoms with Gasteiger partial charge < -0.3 is 14.9 Å². The lowest BCUT2D eigenvalue weighted by atomic mass is 9.55. The largest absolute Gasteiger partial charge is 0.504 e. The quantitative estimate of drug-likeness (QED) is 0.332. The van der Waals surface area contributed by atoms with E-state index in [2.05, 4.69) is 13.5 Å². The van der Waals surface area contributed by atoms with Gasteiger partial charge in [-0.2, -0.15) is 0 Å². The molecule has 6 nitrogen and oxygen atoms in total. The number of benzene rings is 1. The molecule has 1 aromatic carbocycles. The average molecular weight is 414 g/mol. The Bertz CT molecular complexity index is 880. The summed E-state index contributed by atoms with van der Waals surface area (Å²) < 4.78 is 5.81. The highest BCUT2D eigenvalue weighted by Gasteiger charge is 2.55. The topological polar surface area (TPSA) is 87.1 Å². The number of fused-ring (bicyclic) bond motifs is 2. The highest BCUT2D eigenvalue weighted by Crippen LogP contribution is 2.56. The predicted molar refractivity (Wildman–Crippen MR) is 112 cm³/mol. The van der Waals surface area contributed by atoms with Gasteiger partial charge in [0, 0.05) is 18.0 Å². The smallest absolute Gasteiger partial charge is 0.310 e. The number of hydrogen-bond donors (Lipinski definition) is 2. The summed E-state index contributed by atoms with van der Waals surface area (Å²) in [5.41, 5.74) is 1.82. The van der Waals surface area contributed by atoms with E-state index in [0.29, 0.717) is 18.0 Å². The number of hydrogen-bond acceptors (Lipinski definition) is 6. The van der Waals surface area contributed by atoms with E-state index >= 15 is 0 Å². The molecule has 1 aliphatic heterocycles. The fraction of sp³-hybridized carbons (Fsp3) is 0.583. The number of phenolic OH excluding ortho intramolecular Hbond substituents is 2. The lowest BCUT2D eigenvalue weighted by Crippen LogP contribution is -2.45. The van der Waals surface area contributed by atoms with Gasteiger partial charge in [0.15, 0.2) is 17.3 Å². The number of esters is 1. The normalized spacial score (nSPS) is 33.2. The third-order valence-electron chi connectivity index (χ3n) is 7.54. The Labute approximate surface area is 177 Å². The van der Waals surface area contributed by atoms with Crippen LogP contribution in [0.1, 0.15) is 49.4 Å². The van der Waals surface area contributed by atoms with Gasteiger partial charge in [0.2, 0.25) is 0 Å². The molecule has 3 fully saturated rings. The van der Waals surface area contributed by atoms with Gasteiger partial charge in [-0.1, -0.05) is 19.1 Å². The number of nitrogens with zero attached hydrogens (tertiary/aromatic N) is 1. The van der Waals surface area contributed by atoms with Crippen LogP contribution in [-0.4, -0.2) is 53.1 Å². The second kappa shape index (κ2) is 7.73. The molecule has 1 aromatic rings. The molecule has 30 heavy (non-hydrogen) atoms. The molecule has 0 spiro atoms. The van der Waals surface area contributed by atoms with Gasteiger partial charge in [-0.25, -0.2) is 0 Å². The zero-order valence-electron chi connectivity index (χ0n) is 17.8. The minimum Gasteiger partial charge on any atom is -0.504 e. The lowest BCUT2D eigenvalue weighted by molar-refractivity contribution is -0.146. The molecule has 162 valence electrons. The standard InChI is InChI=1S/C24H31NO5/c1-14-5-4-8-24(2)11-22-16(10-18(14)24)17(23(29)30-22)12-25(3)13-21(28)15-6-7-19(26)20(27)9-15/h6-7,9,16-18,22,26-27H,1,4-5,8,10-13H2,2-3H3. The first-order chi connectivity index (χ1) is 14.2. The van der Waals surface area contributed by atoms with Gasteiger partial charge in [0.1, 0.15) is 6.10 Å². The fourth-order valence-electron chi connectivity index (χ4n) is 5.90.